The lowest BCUT2D eigenvalue weighted by molar-refractivity contribution is 0.399. The van der Waals surface area contributed by atoms with Crippen molar-refractivity contribution >= 4 is 17.4 Å². The summed E-state index contributed by atoms with van der Waals surface area (Å²) < 4.78 is 0. The number of anilines is 1. The second-order valence-electron chi connectivity index (χ2n) is 4.41. The Labute approximate surface area is 102 Å². The number of nitrogens with zero attached hydrogens (tertiary/aromatic N) is 3. The van der Waals surface area contributed by atoms with Crippen molar-refractivity contribution in [2.45, 2.75) is 45.1 Å². The highest BCUT2D eigenvalue weighted by Gasteiger charge is 2.23. The number of aryl methyl sites for hydroxylation is 1. The van der Waals surface area contributed by atoms with Crippen LogP contribution in [0.4, 0.5) is 5.82 Å². The average molecular weight is 240 g/mol. The molecule has 0 aliphatic heterocycles. The summed E-state index contributed by atoms with van der Waals surface area (Å²) in [5.41, 5.74) is 0. The van der Waals surface area contributed by atoms with Crippen LogP contribution in [0, 0.1) is 0 Å². The number of halogens is 1. The minimum Gasteiger partial charge on any atom is -0.357 e. The van der Waals surface area contributed by atoms with Crippen LogP contribution in [0.15, 0.2) is 6.07 Å². The molecule has 1 aromatic rings. The maximum Gasteiger partial charge on any atom is 0.134 e. The lowest BCUT2D eigenvalue weighted by atomic mass is 9.92. The summed E-state index contributed by atoms with van der Waals surface area (Å²) in [5, 5.41) is 0.555. The Morgan fingerprint density at radius 1 is 1.44 bits per heavy atom. The van der Waals surface area contributed by atoms with Crippen LogP contribution in [-0.4, -0.2) is 23.1 Å². The Morgan fingerprint density at radius 3 is 2.75 bits per heavy atom. The second kappa shape index (κ2) is 5.00. The van der Waals surface area contributed by atoms with Crippen molar-refractivity contribution in [2.75, 3.05) is 11.9 Å². The van der Waals surface area contributed by atoms with E-state index >= 15 is 0 Å². The molecule has 16 heavy (non-hydrogen) atoms. The summed E-state index contributed by atoms with van der Waals surface area (Å²) in [7, 11) is 2.10. The Balaban J connectivity index is 2.18. The van der Waals surface area contributed by atoms with Gasteiger partial charge in [0.05, 0.1) is 0 Å². The molecule has 0 aromatic carbocycles. The summed E-state index contributed by atoms with van der Waals surface area (Å²) in [6, 6.07) is 2.50. The van der Waals surface area contributed by atoms with Gasteiger partial charge in [-0.3, -0.25) is 0 Å². The zero-order valence-electron chi connectivity index (χ0n) is 9.91. The molecule has 88 valence electrons. The standard InChI is InChI=1S/C12H18ClN3/c1-3-5-11-14-10(13)8-12(15-11)16(2)9-6-4-7-9/h8-9H,3-7H2,1-2H3. The molecule has 0 amide bonds. The van der Waals surface area contributed by atoms with Crippen LogP contribution < -0.4 is 4.90 Å². The second-order valence-corrected chi connectivity index (χ2v) is 4.80. The van der Waals surface area contributed by atoms with E-state index in [1.807, 2.05) is 6.07 Å². The van der Waals surface area contributed by atoms with E-state index < -0.39 is 0 Å². The molecule has 0 saturated heterocycles. The van der Waals surface area contributed by atoms with Crippen LogP contribution in [0.25, 0.3) is 0 Å². The molecule has 3 nitrogen and oxygen atoms in total. The maximum absolute atomic E-state index is 6.02. The largest absolute Gasteiger partial charge is 0.357 e. The SMILES string of the molecule is CCCc1nc(Cl)cc(N(C)C2CCC2)n1. The first-order chi connectivity index (χ1) is 7.70. The first-order valence-electron chi connectivity index (χ1n) is 5.97. The van der Waals surface area contributed by atoms with Crippen LogP contribution in [0.1, 0.15) is 38.4 Å². The summed E-state index contributed by atoms with van der Waals surface area (Å²) in [4.78, 5) is 11.0. The smallest absolute Gasteiger partial charge is 0.134 e. The molecule has 1 aliphatic rings. The van der Waals surface area contributed by atoms with Gasteiger partial charge in [-0.25, -0.2) is 9.97 Å². The Morgan fingerprint density at radius 2 is 2.19 bits per heavy atom. The van der Waals surface area contributed by atoms with Crippen LogP contribution >= 0.6 is 11.6 Å². The fourth-order valence-corrected chi connectivity index (χ4v) is 2.12. The molecule has 1 heterocycles. The van der Waals surface area contributed by atoms with Crippen molar-refractivity contribution in [3.63, 3.8) is 0 Å². The predicted octanol–water partition coefficient (Wildman–Crippen LogP) is 3.07. The Bertz CT molecular complexity index is 363. The maximum atomic E-state index is 6.02. The highest BCUT2D eigenvalue weighted by molar-refractivity contribution is 6.29. The lowest BCUT2D eigenvalue weighted by Gasteiger charge is -2.35. The Hall–Kier alpha value is -0.830. The minimum atomic E-state index is 0.555. The van der Waals surface area contributed by atoms with Gasteiger partial charge in [0.2, 0.25) is 0 Å². The van der Waals surface area contributed by atoms with Gasteiger partial charge in [0.25, 0.3) is 0 Å². The van der Waals surface area contributed by atoms with Crippen molar-refractivity contribution in [2.24, 2.45) is 0 Å². The highest BCUT2D eigenvalue weighted by atomic mass is 35.5. The van der Waals surface area contributed by atoms with Gasteiger partial charge < -0.3 is 4.90 Å². The zero-order valence-corrected chi connectivity index (χ0v) is 10.7. The van der Waals surface area contributed by atoms with Gasteiger partial charge in [0.1, 0.15) is 16.8 Å². The third kappa shape index (κ3) is 2.46. The van der Waals surface area contributed by atoms with Gasteiger partial charge in [0.15, 0.2) is 0 Å². The van der Waals surface area contributed by atoms with Crippen molar-refractivity contribution in [3.05, 3.63) is 17.0 Å². The van der Waals surface area contributed by atoms with Gasteiger partial charge in [-0.2, -0.15) is 0 Å². The van der Waals surface area contributed by atoms with E-state index in [0.717, 1.165) is 24.5 Å². The minimum absolute atomic E-state index is 0.555. The molecule has 0 unspecified atom stereocenters. The summed E-state index contributed by atoms with van der Waals surface area (Å²) in [5.74, 6) is 1.82. The molecule has 1 aromatic heterocycles. The van der Waals surface area contributed by atoms with E-state index in [0.29, 0.717) is 11.2 Å². The van der Waals surface area contributed by atoms with Crippen LogP contribution in [0.3, 0.4) is 0 Å². The third-order valence-electron chi connectivity index (χ3n) is 3.19. The van der Waals surface area contributed by atoms with Crippen LogP contribution in [0.5, 0.6) is 0 Å². The van der Waals surface area contributed by atoms with E-state index in [1.165, 1.54) is 19.3 Å². The van der Waals surface area contributed by atoms with Crippen LogP contribution in [0.2, 0.25) is 5.15 Å². The van der Waals surface area contributed by atoms with Gasteiger partial charge >= 0.3 is 0 Å². The van der Waals surface area contributed by atoms with E-state index in [9.17, 15) is 0 Å². The van der Waals surface area contributed by atoms with Gasteiger partial charge in [-0.1, -0.05) is 18.5 Å². The zero-order chi connectivity index (χ0) is 11.5. The quantitative estimate of drug-likeness (QED) is 0.757. The van der Waals surface area contributed by atoms with E-state index in [-0.39, 0.29) is 0 Å². The molecular formula is C12H18ClN3. The molecule has 1 fully saturated rings. The number of hydrogen-bond acceptors (Lipinski definition) is 3. The topological polar surface area (TPSA) is 29.0 Å². The first kappa shape index (κ1) is 11.6. The predicted molar refractivity (Wildman–Crippen MR) is 67.1 cm³/mol. The molecule has 0 atom stereocenters. The van der Waals surface area contributed by atoms with Crippen LogP contribution in [-0.2, 0) is 6.42 Å². The van der Waals surface area contributed by atoms with E-state index in [1.54, 1.807) is 0 Å². The summed E-state index contributed by atoms with van der Waals surface area (Å²) in [6.45, 7) is 2.12. The molecule has 2 rings (SSSR count). The normalized spacial score (nSPS) is 15.9. The lowest BCUT2D eigenvalue weighted by Crippen LogP contribution is -2.37. The van der Waals surface area contributed by atoms with E-state index in [4.69, 9.17) is 11.6 Å². The van der Waals surface area contributed by atoms with E-state index in [2.05, 4.69) is 28.8 Å². The number of hydrogen-bond donors (Lipinski definition) is 0. The molecular weight excluding hydrogens is 222 g/mol. The van der Waals surface area contributed by atoms with Crippen molar-refractivity contribution in [1.29, 1.82) is 0 Å². The third-order valence-corrected chi connectivity index (χ3v) is 3.38. The Kier molecular flexibility index (Phi) is 3.64. The summed E-state index contributed by atoms with van der Waals surface area (Å²) in [6.07, 6.45) is 5.80. The molecule has 0 spiro atoms. The first-order valence-corrected chi connectivity index (χ1v) is 6.34. The van der Waals surface area contributed by atoms with Crippen molar-refractivity contribution < 1.29 is 0 Å². The number of aromatic nitrogens is 2. The molecule has 1 saturated carbocycles. The molecule has 0 N–H and O–H groups in total. The van der Waals surface area contributed by atoms with Gasteiger partial charge in [-0.05, 0) is 25.7 Å². The fraction of sp³-hybridized carbons (Fsp3) is 0.667. The molecule has 1 aliphatic carbocycles. The molecule has 4 heteroatoms. The van der Waals surface area contributed by atoms with Crippen molar-refractivity contribution in [3.8, 4) is 0 Å². The van der Waals surface area contributed by atoms with Gasteiger partial charge in [0, 0.05) is 25.6 Å². The molecule has 0 radical (unpaired) electrons. The van der Waals surface area contributed by atoms with Crippen molar-refractivity contribution in [1.82, 2.24) is 9.97 Å². The monoisotopic (exact) mass is 239 g/mol. The fourth-order valence-electron chi connectivity index (χ4n) is 1.93. The average Bonchev–Trinajstić information content (AvgIpc) is 2.14. The number of rotatable bonds is 4. The van der Waals surface area contributed by atoms with Gasteiger partial charge in [-0.15, -0.1) is 0 Å². The molecule has 0 bridgehead atoms. The summed E-state index contributed by atoms with van der Waals surface area (Å²) >= 11 is 6.02. The highest BCUT2D eigenvalue weighted by Crippen LogP contribution is 2.28.